The highest BCUT2D eigenvalue weighted by Gasteiger charge is 2.41. The first-order chi connectivity index (χ1) is 15.9. The summed E-state index contributed by atoms with van der Waals surface area (Å²) in [5.74, 6) is 2.52. The van der Waals surface area contributed by atoms with Crippen LogP contribution in [-0.4, -0.2) is 71.4 Å². The molecule has 2 aromatic rings. The minimum absolute atomic E-state index is 0.0288. The van der Waals surface area contributed by atoms with Gasteiger partial charge < -0.3 is 25.3 Å². The summed E-state index contributed by atoms with van der Waals surface area (Å²) in [6, 6.07) is 6.15. The predicted octanol–water partition coefficient (Wildman–Crippen LogP) is 1.77. The van der Waals surface area contributed by atoms with Crippen LogP contribution >= 0.6 is 11.8 Å². The molecule has 0 aliphatic carbocycles. The van der Waals surface area contributed by atoms with Crippen LogP contribution < -0.4 is 15.4 Å². The lowest BCUT2D eigenvalue weighted by Crippen LogP contribution is -2.49. The third kappa shape index (κ3) is 4.67. The van der Waals surface area contributed by atoms with Crippen LogP contribution in [0.4, 0.5) is 0 Å². The van der Waals surface area contributed by atoms with Crippen LogP contribution in [0.2, 0.25) is 0 Å². The molecule has 0 spiro atoms. The first kappa shape index (κ1) is 23.1. The van der Waals surface area contributed by atoms with E-state index >= 15 is 0 Å². The monoisotopic (exact) mass is 468 g/mol. The fourth-order valence-electron chi connectivity index (χ4n) is 4.61. The molecule has 2 saturated heterocycles. The maximum absolute atomic E-state index is 13.4. The molecule has 1 aromatic heterocycles. The van der Waals surface area contributed by atoms with Gasteiger partial charge in [0.2, 0.25) is 11.8 Å². The van der Waals surface area contributed by atoms with Gasteiger partial charge in [-0.2, -0.15) is 11.8 Å². The van der Waals surface area contributed by atoms with Crippen molar-refractivity contribution in [1.82, 2.24) is 20.5 Å². The average Bonchev–Trinajstić information content (AvgIpc) is 3.55. The molecule has 3 heterocycles. The van der Waals surface area contributed by atoms with E-state index < -0.39 is 12.1 Å². The Morgan fingerprint density at radius 1 is 1.42 bits per heavy atom. The summed E-state index contributed by atoms with van der Waals surface area (Å²) in [5, 5.41) is 6.64. The minimum atomic E-state index is -0.628. The summed E-state index contributed by atoms with van der Waals surface area (Å²) in [4.78, 5) is 43.3. The Hall–Kier alpha value is -3.12. The van der Waals surface area contributed by atoms with Crippen LogP contribution in [0.15, 0.2) is 24.3 Å². The molecule has 0 saturated carbocycles. The SMILES string of the molecule is C#CC(CC1CCNC1=O)NC(=O)C1CC(SC)CN1C(=O)c1cc2c(OC)cccc2[nH]1. The standard InChI is InChI=1S/C24H28N4O4S/c1-4-15(10-14-8-9-25-22(14)29)26-23(30)20-11-16(33-3)13-28(20)24(31)19-12-17-18(27-19)6-5-7-21(17)32-2/h1,5-7,12,14-16,20,27H,8-11,13H2,2-3H3,(H,25,29)(H,26,30). The Morgan fingerprint density at radius 2 is 2.24 bits per heavy atom. The van der Waals surface area contributed by atoms with Crippen LogP contribution in [0.1, 0.15) is 29.8 Å². The van der Waals surface area contributed by atoms with E-state index in [-0.39, 0.29) is 28.9 Å². The molecule has 4 atom stereocenters. The fraction of sp³-hybridized carbons (Fsp3) is 0.458. The number of H-pyrrole nitrogens is 1. The van der Waals surface area contributed by atoms with Crippen molar-refractivity contribution >= 4 is 40.4 Å². The summed E-state index contributed by atoms with van der Waals surface area (Å²) in [5.41, 5.74) is 1.20. The van der Waals surface area contributed by atoms with Crippen molar-refractivity contribution in [2.24, 2.45) is 5.92 Å². The molecule has 2 fully saturated rings. The molecule has 174 valence electrons. The number of terminal acetylenes is 1. The number of methoxy groups -OCH3 is 1. The molecule has 2 aliphatic heterocycles. The van der Waals surface area contributed by atoms with Gasteiger partial charge >= 0.3 is 0 Å². The highest BCUT2D eigenvalue weighted by Crippen LogP contribution is 2.31. The number of carbonyl (C=O) groups is 3. The number of benzene rings is 1. The van der Waals surface area contributed by atoms with E-state index in [1.54, 1.807) is 29.8 Å². The minimum Gasteiger partial charge on any atom is -0.496 e. The summed E-state index contributed by atoms with van der Waals surface area (Å²) in [7, 11) is 1.59. The third-order valence-corrected chi connectivity index (χ3v) is 7.44. The smallest absolute Gasteiger partial charge is 0.271 e. The summed E-state index contributed by atoms with van der Waals surface area (Å²) in [6.07, 6.45) is 9.28. The van der Waals surface area contributed by atoms with Crippen molar-refractivity contribution in [2.45, 2.75) is 36.6 Å². The van der Waals surface area contributed by atoms with Gasteiger partial charge in [0.25, 0.3) is 5.91 Å². The van der Waals surface area contributed by atoms with Gasteiger partial charge in [0.05, 0.1) is 13.2 Å². The number of ether oxygens (including phenoxy) is 1. The molecule has 3 amide bonds. The van der Waals surface area contributed by atoms with Gasteiger partial charge in [-0.25, -0.2) is 0 Å². The molecular formula is C24H28N4O4S. The van der Waals surface area contributed by atoms with Crippen LogP contribution in [-0.2, 0) is 9.59 Å². The van der Waals surface area contributed by atoms with Gasteiger partial charge in [0.1, 0.15) is 17.5 Å². The zero-order chi connectivity index (χ0) is 23.5. The maximum Gasteiger partial charge on any atom is 0.271 e. The number of rotatable bonds is 7. The molecule has 9 heteroatoms. The number of aromatic amines is 1. The summed E-state index contributed by atoms with van der Waals surface area (Å²) in [6.45, 7) is 1.10. The molecule has 0 bridgehead atoms. The molecule has 3 N–H and O–H groups in total. The van der Waals surface area contributed by atoms with Crippen molar-refractivity contribution in [2.75, 3.05) is 26.5 Å². The Morgan fingerprint density at radius 3 is 2.91 bits per heavy atom. The van der Waals surface area contributed by atoms with Crippen LogP contribution in [0.25, 0.3) is 10.9 Å². The number of nitrogens with zero attached hydrogens (tertiary/aromatic N) is 1. The Bertz CT molecular complexity index is 1110. The number of fused-ring (bicyclic) bond motifs is 1. The zero-order valence-corrected chi connectivity index (χ0v) is 19.5. The second-order valence-electron chi connectivity index (χ2n) is 8.41. The lowest BCUT2D eigenvalue weighted by molar-refractivity contribution is -0.126. The lowest BCUT2D eigenvalue weighted by atomic mass is 9.98. The largest absolute Gasteiger partial charge is 0.496 e. The van der Waals surface area contributed by atoms with E-state index in [2.05, 4.69) is 21.5 Å². The Labute approximate surface area is 197 Å². The third-order valence-electron chi connectivity index (χ3n) is 6.43. The molecule has 4 unspecified atom stereocenters. The fourth-order valence-corrected chi connectivity index (χ4v) is 5.29. The van der Waals surface area contributed by atoms with E-state index in [4.69, 9.17) is 11.2 Å². The van der Waals surface area contributed by atoms with Crippen molar-refractivity contribution in [3.63, 3.8) is 0 Å². The zero-order valence-electron chi connectivity index (χ0n) is 18.7. The van der Waals surface area contributed by atoms with Gasteiger partial charge in [-0.1, -0.05) is 12.0 Å². The molecular weight excluding hydrogens is 440 g/mol. The Balaban J connectivity index is 1.52. The lowest BCUT2D eigenvalue weighted by Gasteiger charge is -2.25. The first-order valence-electron chi connectivity index (χ1n) is 11.0. The number of amides is 3. The van der Waals surface area contributed by atoms with Crippen molar-refractivity contribution in [3.05, 3.63) is 30.0 Å². The molecule has 33 heavy (non-hydrogen) atoms. The van der Waals surface area contributed by atoms with E-state index in [0.717, 1.165) is 10.9 Å². The van der Waals surface area contributed by atoms with E-state index in [1.165, 1.54) is 0 Å². The maximum atomic E-state index is 13.4. The highest BCUT2D eigenvalue weighted by atomic mass is 32.2. The quantitative estimate of drug-likeness (QED) is 0.538. The van der Waals surface area contributed by atoms with Gasteiger partial charge in [0, 0.05) is 35.2 Å². The second-order valence-corrected chi connectivity index (χ2v) is 9.55. The topological polar surface area (TPSA) is 104 Å². The number of aromatic nitrogens is 1. The van der Waals surface area contributed by atoms with E-state index in [9.17, 15) is 14.4 Å². The summed E-state index contributed by atoms with van der Waals surface area (Å²) < 4.78 is 5.40. The van der Waals surface area contributed by atoms with Crippen LogP contribution in [0.5, 0.6) is 5.75 Å². The first-order valence-corrected chi connectivity index (χ1v) is 12.3. The van der Waals surface area contributed by atoms with Gasteiger partial charge in [-0.15, -0.1) is 6.42 Å². The summed E-state index contributed by atoms with van der Waals surface area (Å²) >= 11 is 1.63. The number of carbonyl (C=O) groups excluding carboxylic acids is 3. The van der Waals surface area contributed by atoms with Crippen molar-refractivity contribution in [3.8, 4) is 18.1 Å². The van der Waals surface area contributed by atoms with Crippen molar-refractivity contribution in [1.29, 1.82) is 0 Å². The number of likely N-dealkylation sites (tertiary alicyclic amines) is 1. The van der Waals surface area contributed by atoms with E-state index in [1.807, 2.05) is 24.5 Å². The van der Waals surface area contributed by atoms with Crippen LogP contribution in [0, 0.1) is 18.3 Å². The average molecular weight is 469 g/mol. The molecule has 0 radical (unpaired) electrons. The second kappa shape index (κ2) is 9.79. The highest BCUT2D eigenvalue weighted by molar-refractivity contribution is 7.99. The van der Waals surface area contributed by atoms with Gasteiger partial charge in [-0.05, 0) is 43.7 Å². The number of nitrogens with one attached hydrogen (secondary N) is 3. The number of thioether (sulfide) groups is 1. The number of hydrogen-bond donors (Lipinski definition) is 3. The predicted molar refractivity (Wildman–Crippen MR) is 128 cm³/mol. The van der Waals surface area contributed by atoms with Gasteiger partial charge in [-0.3, -0.25) is 14.4 Å². The number of hydrogen-bond acceptors (Lipinski definition) is 5. The molecule has 1 aromatic carbocycles. The van der Waals surface area contributed by atoms with E-state index in [0.29, 0.717) is 43.8 Å². The molecule has 4 rings (SSSR count). The normalized spacial score (nSPS) is 23.2. The van der Waals surface area contributed by atoms with Gasteiger partial charge in [0.15, 0.2) is 0 Å². The van der Waals surface area contributed by atoms with Crippen molar-refractivity contribution < 1.29 is 19.1 Å². The molecule has 8 nitrogen and oxygen atoms in total. The molecule has 2 aliphatic rings. The van der Waals surface area contributed by atoms with Crippen LogP contribution in [0.3, 0.4) is 0 Å². The Kier molecular flexibility index (Phi) is 6.84.